The molecule has 2 heterocycles. The van der Waals surface area contributed by atoms with Crippen molar-refractivity contribution in [1.29, 1.82) is 0 Å². The number of benzene rings is 4. The summed E-state index contributed by atoms with van der Waals surface area (Å²) in [5.41, 5.74) is 18.5. The van der Waals surface area contributed by atoms with E-state index in [9.17, 15) is 73.2 Å². The number of primary amides is 1. The number of tetrazole rings is 1. The van der Waals surface area contributed by atoms with Crippen LogP contribution in [0, 0.1) is 42.3 Å². The number of Topliss-reactive ketones (excluding diaryl/α,β-unsaturated/α-hetero) is 4. The zero-order chi connectivity index (χ0) is 83.7. The first-order valence-corrected chi connectivity index (χ1v) is 38.7. The molecule has 0 bridgehead atoms. The lowest BCUT2D eigenvalue weighted by Gasteiger charge is -2.33. The molecule has 0 unspecified atom stereocenters. The highest BCUT2D eigenvalue weighted by Gasteiger charge is 2.43. The van der Waals surface area contributed by atoms with Crippen LogP contribution in [0.1, 0.15) is 190 Å². The quantitative estimate of drug-likeness (QED) is 0.00747. The second-order valence-electron chi connectivity index (χ2n) is 30.4. The molecule has 4 aromatic carbocycles. The molecule has 6 aromatic rings. The molecule has 31 nitrogen and oxygen atoms in total. The second-order valence-corrected chi connectivity index (χ2v) is 30.4. The molecule has 0 aliphatic heterocycles. The van der Waals surface area contributed by atoms with Crippen LogP contribution in [0.25, 0.3) is 21.6 Å². The summed E-state index contributed by atoms with van der Waals surface area (Å²) in [7, 11) is 0. The number of hydrogen-bond donors (Lipinski definition) is 12. The Kier molecular flexibility index (Phi) is 38.7. The number of imidazole rings is 1. The minimum Gasteiger partial charge on any atom is -0.494 e. The first-order valence-electron chi connectivity index (χ1n) is 38.7. The van der Waals surface area contributed by atoms with E-state index in [1.165, 1.54) is 32.0 Å². The number of halogens is 1. The number of aromatic amines is 2. The molecule has 32 heteroatoms. The number of rotatable bonds is 53. The lowest BCUT2D eigenvalue weighted by molar-refractivity contribution is -0.142. The van der Waals surface area contributed by atoms with Crippen molar-refractivity contribution in [2.24, 2.45) is 33.5 Å². The molecule has 0 aliphatic carbocycles. The third-order valence-corrected chi connectivity index (χ3v) is 20.0. The maximum Gasteiger partial charge on any atom is 0.305 e. The number of nitrogens with two attached hydrogens (primary N) is 1. The van der Waals surface area contributed by atoms with Gasteiger partial charge < -0.3 is 62.5 Å². The molecular formula is C83H114FN15O16. The van der Waals surface area contributed by atoms with Crippen molar-refractivity contribution in [3.63, 3.8) is 0 Å². The lowest BCUT2D eigenvalue weighted by Crippen LogP contribution is -2.55. The van der Waals surface area contributed by atoms with Gasteiger partial charge in [-0.3, -0.25) is 52.7 Å². The molecule has 624 valence electrons. The number of aliphatic hydroxyl groups excluding tert-OH is 3. The standard InChI is InChI=1S/C82H110FN15O16.CH4/c1-9-55-38-63(114-33-15-14-32-88-96-85)30-31-64(55)56-28-26-53(27-29-56)37-58(77(110)90-66(76(84)109)24-16-18-54-35-49(2)34-50(3)36-54)39-68(103)67(42-73(107)108)91-78(111)59(47-99)40-69(104)74(51(4)100)93-80(113)82(8,43-57-19-10-13-23-65(57)83)45-70(105)75(52(5)101)92-72(106)25-17-21-60(41-71-94-97-98-95-71)89-79(112)81(6,7)44-62(102)22-12-11-20-61-46-86-48-87-61;/h10,13,19,23,26-31,34-36,38,46,48,51-52,58-60,66-67,74-75,99-101H,9,11-12,14-18,20-22,24-25,32-33,37,39-45,47H2,1-8H3,(H2,84,109)(H,86,87)(H,89,112)(H,90,110)(H,91,111)(H,92,106)(H,93,113)(H,107,108)(H,94,95,97,98);1H4/t51-,52-,58-,59+,60-,66+,67+,74+,75+,82-;/m1./s1. The van der Waals surface area contributed by atoms with Gasteiger partial charge in [-0.15, -0.1) is 10.2 Å². The zero-order valence-electron chi connectivity index (χ0n) is 66.2. The number of aliphatic hydroxyl groups is 3. The minimum absolute atomic E-state index is 0. The van der Waals surface area contributed by atoms with Gasteiger partial charge in [0.15, 0.2) is 23.2 Å². The van der Waals surface area contributed by atoms with Crippen LogP contribution in [0.15, 0.2) is 103 Å². The van der Waals surface area contributed by atoms with Gasteiger partial charge in [0.05, 0.1) is 61.0 Å². The number of carbonyl (C=O) groups excluding carboxylic acids is 10. The lowest BCUT2D eigenvalue weighted by atomic mass is 9.76. The maximum absolute atomic E-state index is 15.6. The molecule has 0 saturated heterocycles. The second kappa shape index (κ2) is 47.0. The summed E-state index contributed by atoms with van der Waals surface area (Å²) in [5.74, 6) is -12.7. The number of ether oxygens (including phenoxy) is 1. The number of unbranched alkanes of at least 4 members (excludes halogenated alkanes) is 2. The predicted octanol–water partition coefficient (Wildman–Crippen LogP) is 7.89. The molecular weight excluding hydrogens is 1480 g/mol. The third-order valence-electron chi connectivity index (χ3n) is 20.0. The summed E-state index contributed by atoms with van der Waals surface area (Å²) in [6.07, 6.45) is 1.22. The Bertz CT molecular complexity index is 4240. The normalized spacial score (nSPS) is 14.2. The number of hydrogen-bond acceptors (Lipinski definition) is 20. The molecule has 0 radical (unpaired) electrons. The summed E-state index contributed by atoms with van der Waals surface area (Å²) < 4.78 is 21.6. The molecule has 2 aromatic heterocycles. The van der Waals surface area contributed by atoms with Crippen molar-refractivity contribution < 1.29 is 82.3 Å². The van der Waals surface area contributed by atoms with E-state index in [0.717, 1.165) is 64.9 Å². The van der Waals surface area contributed by atoms with Gasteiger partial charge in [-0.2, -0.15) is 5.21 Å². The van der Waals surface area contributed by atoms with Gasteiger partial charge in [0.1, 0.15) is 35.5 Å². The van der Waals surface area contributed by atoms with Crippen LogP contribution in [0.3, 0.4) is 0 Å². The van der Waals surface area contributed by atoms with Gasteiger partial charge in [-0.25, -0.2) is 9.37 Å². The van der Waals surface area contributed by atoms with Crippen molar-refractivity contribution in [3.8, 4) is 16.9 Å². The Balaban J connectivity index is 0.0000236. The Labute approximate surface area is 669 Å². The highest BCUT2D eigenvalue weighted by Crippen LogP contribution is 2.33. The molecule has 13 N–H and O–H groups in total. The van der Waals surface area contributed by atoms with E-state index >= 15 is 4.39 Å². The number of aryl methyl sites for hydroxylation is 5. The fourth-order valence-corrected chi connectivity index (χ4v) is 13.7. The van der Waals surface area contributed by atoms with Crippen LogP contribution in [-0.2, 0) is 91.3 Å². The fraction of sp³-hybridized carbons (Fsp3) is 0.530. The SMILES string of the molecule is C.CCc1cc(OCCCCN=[N+]=[N-])ccc1-c1ccc(C[C@H](CC(=O)[C@H](CC(=O)O)NC(=O)[C@H](CO)CC(=O)[C@@H](NC(=O)[C@@](C)(CC(=O)[C@@H](NC(=O)CCC[C@H](Cc2nn[nH]n2)NC(=O)C(C)(C)CC(=O)CCCCc2cnc[nH]2)[C@@H](C)O)Cc2ccccc2F)[C@@H](C)O)C(=O)N[C@@H](CCCc2cc(C)cc(C)c2)C(N)=O)cc1. The van der Waals surface area contributed by atoms with E-state index in [2.05, 4.69) is 67.2 Å². The van der Waals surface area contributed by atoms with E-state index in [4.69, 9.17) is 16.0 Å². The molecule has 0 aliphatic rings. The number of nitrogens with zero attached hydrogens (tertiary/aromatic N) is 7. The first-order chi connectivity index (χ1) is 54.2. The van der Waals surface area contributed by atoms with Crippen molar-refractivity contribution >= 4 is 64.5 Å². The van der Waals surface area contributed by atoms with Crippen LogP contribution in [0.4, 0.5) is 4.39 Å². The van der Waals surface area contributed by atoms with Crippen LogP contribution in [0.5, 0.6) is 5.75 Å². The number of azide groups is 1. The highest BCUT2D eigenvalue weighted by molar-refractivity contribution is 5.99. The van der Waals surface area contributed by atoms with Crippen molar-refractivity contribution in [3.05, 3.63) is 159 Å². The maximum atomic E-state index is 15.6. The van der Waals surface area contributed by atoms with Crippen LogP contribution < -0.4 is 37.1 Å². The summed E-state index contributed by atoms with van der Waals surface area (Å²) in [6.45, 7) is 12.5. The van der Waals surface area contributed by atoms with Gasteiger partial charge in [-0.05, 0) is 168 Å². The predicted molar refractivity (Wildman–Crippen MR) is 426 cm³/mol. The van der Waals surface area contributed by atoms with Gasteiger partial charge in [0.2, 0.25) is 35.4 Å². The Hall–Kier alpha value is -11.0. The van der Waals surface area contributed by atoms with E-state index in [1.807, 2.05) is 69.3 Å². The van der Waals surface area contributed by atoms with Gasteiger partial charge >= 0.3 is 5.97 Å². The number of ketones is 4. The van der Waals surface area contributed by atoms with Crippen molar-refractivity contribution in [2.45, 2.75) is 240 Å². The number of carbonyl (C=O) groups is 11. The van der Waals surface area contributed by atoms with E-state index < -0.39 is 168 Å². The minimum atomic E-state index is -2.04. The summed E-state index contributed by atoms with van der Waals surface area (Å²) in [6, 6.07) is 16.8. The monoisotopic (exact) mass is 1600 g/mol. The van der Waals surface area contributed by atoms with Gasteiger partial charge in [0.25, 0.3) is 0 Å². The van der Waals surface area contributed by atoms with Crippen LogP contribution >= 0.6 is 0 Å². The average Bonchev–Trinajstić information content (AvgIpc) is 1.60. The van der Waals surface area contributed by atoms with Crippen molar-refractivity contribution in [2.75, 3.05) is 19.8 Å². The van der Waals surface area contributed by atoms with Gasteiger partial charge in [0, 0.05) is 80.3 Å². The van der Waals surface area contributed by atoms with Crippen LogP contribution in [0.2, 0.25) is 0 Å². The van der Waals surface area contributed by atoms with Crippen LogP contribution in [-0.4, -0.2) is 178 Å². The molecule has 0 saturated carbocycles. The number of amides is 6. The largest absolute Gasteiger partial charge is 0.494 e. The Morgan fingerprint density at radius 2 is 1.37 bits per heavy atom. The zero-order valence-corrected chi connectivity index (χ0v) is 66.2. The molecule has 6 amide bonds. The topological polar surface area (TPSA) is 496 Å². The number of aliphatic carboxylic acids is 1. The molecule has 10 atom stereocenters. The van der Waals surface area contributed by atoms with E-state index in [0.29, 0.717) is 63.0 Å². The smallest absolute Gasteiger partial charge is 0.305 e. The summed E-state index contributed by atoms with van der Waals surface area (Å²) >= 11 is 0. The van der Waals surface area contributed by atoms with E-state index in [1.54, 1.807) is 38.5 Å². The number of carboxylic acid groups (broad SMARTS) is 1. The van der Waals surface area contributed by atoms with E-state index in [-0.39, 0.29) is 76.0 Å². The molecule has 0 fully saturated rings. The Morgan fingerprint density at radius 1 is 0.696 bits per heavy atom. The summed E-state index contributed by atoms with van der Waals surface area (Å²) in [4.78, 5) is 163. The van der Waals surface area contributed by atoms with Gasteiger partial charge in [-0.1, -0.05) is 123 Å². The number of nitrogens with one attached hydrogen (secondary N) is 7. The van der Waals surface area contributed by atoms with Crippen molar-refractivity contribution in [1.82, 2.24) is 57.2 Å². The average molecular weight is 1600 g/mol. The number of carboxylic acids is 1. The first kappa shape index (κ1) is 94.6. The number of aromatic nitrogens is 6. The molecule has 0 spiro atoms. The fourth-order valence-electron chi connectivity index (χ4n) is 13.7. The Morgan fingerprint density at radius 3 is 2.00 bits per heavy atom. The highest BCUT2D eigenvalue weighted by atomic mass is 19.1. The number of H-pyrrole nitrogens is 2. The summed E-state index contributed by atoms with van der Waals surface area (Å²) in [5, 5.41) is 73.7. The molecule has 6 rings (SSSR count). The molecule has 115 heavy (non-hydrogen) atoms. The third kappa shape index (κ3) is 31.4.